The molecule has 11 nitrogen and oxygen atoms in total. The fourth-order valence-corrected chi connectivity index (χ4v) is 5.07. The molecule has 2 N–H and O–H groups in total. The minimum Gasteiger partial charge on any atom is -0.497 e. The molecule has 2 aromatic heterocycles. The lowest BCUT2D eigenvalue weighted by Crippen LogP contribution is -2.37. The van der Waals surface area contributed by atoms with Crippen molar-refractivity contribution in [2.24, 2.45) is 0 Å². The van der Waals surface area contributed by atoms with Crippen LogP contribution in [0.2, 0.25) is 5.02 Å². The number of aromatic nitrogens is 3. The molecular weight excluding hydrogens is 541 g/mol. The fourth-order valence-electron chi connectivity index (χ4n) is 3.52. The normalized spacial score (nSPS) is 11.3. The monoisotopic (exact) mass is 563 g/mol. The van der Waals surface area contributed by atoms with Crippen LogP contribution in [0.25, 0.3) is 11.0 Å². The Bertz CT molecular complexity index is 1580. The quantitative estimate of drug-likeness (QED) is 0.268. The van der Waals surface area contributed by atoms with Crippen LogP contribution in [0.15, 0.2) is 48.7 Å². The fraction of sp³-hybridized carbons (Fsp3) is 0.208. The zero-order chi connectivity index (χ0) is 27.4. The number of hydrogen-bond donors (Lipinski definition) is 2. The molecule has 0 bridgehead atoms. The number of amides is 1. The summed E-state index contributed by atoms with van der Waals surface area (Å²) in [6.07, 6.45) is 1.57. The van der Waals surface area contributed by atoms with E-state index in [0.29, 0.717) is 21.3 Å². The first-order valence-electron chi connectivity index (χ1n) is 11.2. The Hall–Kier alpha value is -4.10. The Kier molecular flexibility index (Phi) is 7.88. The molecule has 0 spiro atoms. The number of sulfonamides is 1. The summed E-state index contributed by atoms with van der Waals surface area (Å²) in [6, 6.07) is 9.89. The van der Waals surface area contributed by atoms with E-state index in [9.17, 15) is 13.2 Å². The molecule has 0 saturated heterocycles. The number of nitrogens with zero attached hydrogens (tertiary/aromatic N) is 3. The van der Waals surface area contributed by atoms with Gasteiger partial charge in [0.15, 0.2) is 17.2 Å². The third-order valence-electron chi connectivity index (χ3n) is 5.29. The van der Waals surface area contributed by atoms with Gasteiger partial charge in [-0.05, 0) is 48.9 Å². The van der Waals surface area contributed by atoms with Crippen molar-refractivity contribution in [1.29, 1.82) is 0 Å². The molecule has 2 heterocycles. The smallest absolute Gasteiger partial charge is 0.266 e. The Morgan fingerprint density at radius 2 is 1.84 bits per heavy atom. The van der Waals surface area contributed by atoms with Crippen molar-refractivity contribution < 1.29 is 31.9 Å². The SMILES string of the molecule is CCCS(=O)(=O)N(Oc1ccc(OC)cc1)c1ccc(Cl)c(C(=O)Nc2cnc3[nH]nc(OC)c3c2)c1F. The van der Waals surface area contributed by atoms with E-state index >= 15 is 4.39 Å². The van der Waals surface area contributed by atoms with E-state index < -0.39 is 33.0 Å². The van der Waals surface area contributed by atoms with Crippen LogP contribution in [-0.4, -0.2) is 49.5 Å². The van der Waals surface area contributed by atoms with E-state index in [0.717, 1.165) is 6.07 Å². The number of aromatic amines is 1. The highest BCUT2D eigenvalue weighted by atomic mass is 35.5. The van der Waals surface area contributed by atoms with Crippen LogP contribution in [0.5, 0.6) is 17.4 Å². The standard InChI is InChI=1S/C24H23ClFN5O6S/c1-4-11-38(33,34)31(37-16-7-5-15(35-2)6-8-16)19-10-9-18(25)20(21(19)26)23(32)28-14-12-17-22(27-13-14)29-30-24(17)36-3/h5-10,12-13H,4,11H2,1-3H3,(H,28,32)(H,27,29,30). The molecule has 0 radical (unpaired) electrons. The first-order chi connectivity index (χ1) is 18.2. The van der Waals surface area contributed by atoms with Gasteiger partial charge in [0.05, 0.1) is 47.8 Å². The average molecular weight is 564 g/mol. The van der Waals surface area contributed by atoms with Crippen LogP contribution in [0, 0.1) is 5.82 Å². The maximum atomic E-state index is 15.8. The van der Waals surface area contributed by atoms with Crippen LogP contribution in [0.3, 0.4) is 0 Å². The van der Waals surface area contributed by atoms with Crippen molar-refractivity contribution in [2.75, 3.05) is 29.8 Å². The molecule has 200 valence electrons. The topological polar surface area (TPSA) is 136 Å². The van der Waals surface area contributed by atoms with Gasteiger partial charge >= 0.3 is 0 Å². The number of halogens is 2. The number of carbonyl (C=O) groups excluding carboxylic acids is 1. The highest BCUT2D eigenvalue weighted by Crippen LogP contribution is 2.33. The number of carbonyl (C=O) groups is 1. The van der Waals surface area contributed by atoms with E-state index in [1.54, 1.807) is 19.1 Å². The van der Waals surface area contributed by atoms with Gasteiger partial charge in [-0.1, -0.05) is 23.0 Å². The average Bonchev–Trinajstić information content (AvgIpc) is 3.30. The van der Waals surface area contributed by atoms with Gasteiger partial charge in [-0.3, -0.25) is 9.89 Å². The maximum absolute atomic E-state index is 15.8. The number of anilines is 2. The van der Waals surface area contributed by atoms with Gasteiger partial charge in [-0.25, -0.2) is 17.8 Å². The number of rotatable bonds is 10. The summed E-state index contributed by atoms with van der Waals surface area (Å²) in [5.41, 5.74) is -0.487. The van der Waals surface area contributed by atoms with Crippen molar-refractivity contribution in [1.82, 2.24) is 15.2 Å². The van der Waals surface area contributed by atoms with Crippen LogP contribution in [-0.2, 0) is 10.0 Å². The molecule has 0 unspecified atom stereocenters. The van der Waals surface area contributed by atoms with Gasteiger partial charge in [0.2, 0.25) is 5.88 Å². The second-order valence-electron chi connectivity index (χ2n) is 7.87. The van der Waals surface area contributed by atoms with Crippen molar-refractivity contribution in [2.45, 2.75) is 13.3 Å². The number of ether oxygens (including phenoxy) is 2. The van der Waals surface area contributed by atoms with Crippen LogP contribution in [0.4, 0.5) is 15.8 Å². The van der Waals surface area contributed by atoms with Crippen molar-refractivity contribution >= 4 is 49.9 Å². The Balaban J connectivity index is 1.72. The van der Waals surface area contributed by atoms with Crippen LogP contribution in [0.1, 0.15) is 23.7 Å². The first-order valence-corrected chi connectivity index (χ1v) is 13.2. The molecular formula is C24H23ClFN5O6S. The summed E-state index contributed by atoms with van der Waals surface area (Å²) < 4.78 is 52.7. The molecule has 0 aliphatic rings. The minimum atomic E-state index is -4.17. The van der Waals surface area contributed by atoms with E-state index in [1.165, 1.54) is 44.7 Å². The molecule has 0 aliphatic carbocycles. The molecule has 4 aromatic rings. The Morgan fingerprint density at radius 3 is 2.50 bits per heavy atom. The number of benzene rings is 2. The maximum Gasteiger partial charge on any atom is 0.266 e. The van der Waals surface area contributed by atoms with Crippen LogP contribution < -0.4 is 24.1 Å². The summed E-state index contributed by atoms with van der Waals surface area (Å²) in [6.45, 7) is 1.65. The van der Waals surface area contributed by atoms with Gasteiger partial charge in [-0.2, -0.15) is 0 Å². The van der Waals surface area contributed by atoms with Gasteiger partial charge in [0.25, 0.3) is 15.9 Å². The molecule has 2 aromatic carbocycles. The van der Waals surface area contributed by atoms with Crippen molar-refractivity contribution in [3.8, 4) is 17.4 Å². The number of hydrogen-bond acceptors (Lipinski definition) is 8. The molecule has 38 heavy (non-hydrogen) atoms. The van der Waals surface area contributed by atoms with E-state index in [-0.39, 0.29) is 34.5 Å². The lowest BCUT2D eigenvalue weighted by molar-refractivity contribution is 0.102. The first kappa shape index (κ1) is 26.9. The van der Waals surface area contributed by atoms with Gasteiger partial charge in [-0.15, -0.1) is 5.10 Å². The lowest BCUT2D eigenvalue weighted by Gasteiger charge is -2.25. The summed E-state index contributed by atoms with van der Waals surface area (Å²) >= 11 is 6.19. The summed E-state index contributed by atoms with van der Waals surface area (Å²) in [5.74, 6) is -1.61. The number of methoxy groups -OCH3 is 2. The third kappa shape index (κ3) is 5.43. The van der Waals surface area contributed by atoms with E-state index in [1.807, 2.05) is 0 Å². The second kappa shape index (κ2) is 11.1. The summed E-state index contributed by atoms with van der Waals surface area (Å²) in [5, 5.41) is 9.39. The minimum absolute atomic E-state index is 0.0965. The zero-order valence-corrected chi connectivity index (χ0v) is 22.1. The number of nitrogens with one attached hydrogen (secondary N) is 2. The van der Waals surface area contributed by atoms with Gasteiger partial charge in [0.1, 0.15) is 11.4 Å². The number of pyridine rings is 1. The summed E-state index contributed by atoms with van der Waals surface area (Å²) in [7, 11) is -1.27. The Morgan fingerprint density at radius 1 is 1.13 bits per heavy atom. The third-order valence-corrected chi connectivity index (χ3v) is 7.31. The highest BCUT2D eigenvalue weighted by molar-refractivity contribution is 7.92. The van der Waals surface area contributed by atoms with Crippen LogP contribution >= 0.6 is 11.6 Å². The number of fused-ring (bicyclic) bond motifs is 1. The molecule has 14 heteroatoms. The van der Waals surface area contributed by atoms with Crippen molar-refractivity contribution in [3.63, 3.8) is 0 Å². The second-order valence-corrected chi connectivity index (χ2v) is 10.2. The van der Waals surface area contributed by atoms with E-state index in [4.69, 9.17) is 25.9 Å². The molecule has 0 fully saturated rings. The number of H-pyrrole nitrogens is 1. The lowest BCUT2D eigenvalue weighted by atomic mass is 10.1. The van der Waals surface area contributed by atoms with E-state index in [2.05, 4.69) is 20.5 Å². The molecule has 0 aliphatic heterocycles. The van der Waals surface area contributed by atoms with Crippen molar-refractivity contribution in [3.05, 3.63) is 65.1 Å². The van der Waals surface area contributed by atoms with Gasteiger partial charge < -0.3 is 19.6 Å². The highest BCUT2D eigenvalue weighted by Gasteiger charge is 2.31. The summed E-state index contributed by atoms with van der Waals surface area (Å²) in [4.78, 5) is 22.9. The Labute approximate surface area is 222 Å². The molecule has 0 saturated carbocycles. The predicted octanol–water partition coefficient (Wildman–Crippen LogP) is 4.56. The zero-order valence-electron chi connectivity index (χ0n) is 20.5. The van der Waals surface area contributed by atoms with Gasteiger partial charge in [0, 0.05) is 0 Å². The largest absolute Gasteiger partial charge is 0.497 e. The molecule has 1 amide bonds. The predicted molar refractivity (Wildman–Crippen MR) is 140 cm³/mol. The molecule has 0 atom stereocenters. The molecule has 4 rings (SSSR count).